The van der Waals surface area contributed by atoms with Crippen LogP contribution in [0.15, 0.2) is 90.4 Å². The fourth-order valence-electron chi connectivity index (χ4n) is 3.86. The predicted octanol–water partition coefficient (Wildman–Crippen LogP) is 5.39. The molecular formula is C28H25N5O3S. The molecule has 2 amide bonds. The summed E-state index contributed by atoms with van der Waals surface area (Å²) >= 11 is 1.40. The molecule has 4 N–H and O–H groups in total. The second-order valence-corrected chi connectivity index (χ2v) is 9.29. The first-order chi connectivity index (χ1) is 18.1. The maximum Gasteiger partial charge on any atom is 0.265 e. The number of amides is 2. The lowest BCUT2D eigenvalue weighted by atomic mass is 10.2. The van der Waals surface area contributed by atoms with Crippen LogP contribution in [0.3, 0.4) is 0 Å². The molecule has 0 fully saturated rings. The lowest BCUT2D eigenvalue weighted by Gasteiger charge is -2.09. The summed E-state index contributed by atoms with van der Waals surface area (Å²) in [6.07, 6.45) is 2.43. The summed E-state index contributed by atoms with van der Waals surface area (Å²) in [6, 6.07) is 24.0. The number of hydrogen-bond acceptors (Lipinski definition) is 6. The maximum absolute atomic E-state index is 12.6. The minimum Gasteiger partial charge on any atom is -0.396 e. The summed E-state index contributed by atoms with van der Waals surface area (Å²) in [5.41, 5.74) is 4.58. The number of carbonyl (C=O) groups excluding carboxylic acids is 2. The molecule has 3 aromatic carbocycles. The molecule has 5 aromatic rings. The number of aromatic nitrogens is 2. The predicted molar refractivity (Wildman–Crippen MR) is 148 cm³/mol. The van der Waals surface area contributed by atoms with Gasteiger partial charge < -0.3 is 21.1 Å². The Labute approximate surface area is 217 Å². The Morgan fingerprint density at radius 1 is 0.865 bits per heavy atom. The Kier molecular flexibility index (Phi) is 7.25. The van der Waals surface area contributed by atoms with E-state index < -0.39 is 0 Å². The fourth-order valence-corrected chi connectivity index (χ4v) is 4.48. The van der Waals surface area contributed by atoms with Crippen LogP contribution in [-0.2, 0) is 0 Å². The van der Waals surface area contributed by atoms with E-state index in [1.165, 1.54) is 11.3 Å². The van der Waals surface area contributed by atoms with Crippen molar-refractivity contribution in [2.24, 2.45) is 0 Å². The van der Waals surface area contributed by atoms with Crippen molar-refractivity contribution in [3.63, 3.8) is 0 Å². The molecule has 0 bridgehead atoms. The SMILES string of the molecule is O=C(Nc1ccc(-n2ncc3cc(NC(=O)c4cccs4)ccc32)cc1)c1ccc(NCCCO)cc1. The highest BCUT2D eigenvalue weighted by atomic mass is 32.1. The van der Waals surface area contributed by atoms with Crippen LogP contribution in [0, 0.1) is 0 Å². The highest BCUT2D eigenvalue weighted by Gasteiger charge is 2.11. The van der Waals surface area contributed by atoms with Gasteiger partial charge in [-0.1, -0.05) is 6.07 Å². The number of rotatable bonds is 9. The Balaban J connectivity index is 1.24. The van der Waals surface area contributed by atoms with Gasteiger partial charge in [0, 0.05) is 41.2 Å². The largest absolute Gasteiger partial charge is 0.396 e. The van der Waals surface area contributed by atoms with Crippen molar-refractivity contribution >= 4 is 51.1 Å². The van der Waals surface area contributed by atoms with Gasteiger partial charge in [-0.2, -0.15) is 5.10 Å². The van der Waals surface area contributed by atoms with Crippen molar-refractivity contribution < 1.29 is 14.7 Å². The average molecular weight is 512 g/mol. The topological polar surface area (TPSA) is 108 Å². The number of carbonyl (C=O) groups is 2. The number of aliphatic hydroxyl groups excluding tert-OH is 1. The van der Waals surface area contributed by atoms with E-state index in [4.69, 9.17) is 5.11 Å². The first-order valence-electron chi connectivity index (χ1n) is 11.8. The van der Waals surface area contributed by atoms with Crippen LogP contribution in [0.2, 0.25) is 0 Å². The quantitative estimate of drug-likeness (QED) is 0.199. The molecule has 2 aromatic heterocycles. The molecule has 2 heterocycles. The number of aliphatic hydroxyl groups is 1. The third-order valence-electron chi connectivity index (χ3n) is 5.75. The monoisotopic (exact) mass is 511 g/mol. The lowest BCUT2D eigenvalue weighted by molar-refractivity contribution is 0.102. The van der Waals surface area contributed by atoms with Gasteiger partial charge in [0.1, 0.15) is 0 Å². The summed E-state index contributed by atoms with van der Waals surface area (Å²) in [5, 5.41) is 25.2. The van der Waals surface area contributed by atoms with Crippen LogP contribution in [0.1, 0.15) is 26.5 Å². The van der Waals surface area contributed by atoms with Gasteiger partial charge in [0.05, 0.1) is 22.3 Å². The Morgan fingerprint density at radius 2 is 1.59 bits per heavy atom. The summed E-state index contributed by atoms with van der Waals surface area (Å²) < 4.78 is 1.81. The molecule has 0 aliphatic carbocycles. The van der Waals surface area contributed by atoms with Crippen molar-refractivity contribution in [2.75, 3.05) is 29.1 Å². The van der Waals surface area contributed by atoms with Gasteiger partial charge in [0.2, 0.25) is 0 Å². The zero-order valence-electron chi connectivity index (χ0n) is 19.8. The molecule has 186 valence electrons. The summed E-state index contributed by atoms with van der Waals surface area (Å²) in [5.74, 6) is -0.332. The van der Waals surface area contributed by atoms with Crippen LogP contribution < -0.4 is 16.0 Å². The first-order valence-corrected chi connectivity index (χ1v) is 12.7. The second kappa shape index (κ2) is 11.1. The van der Waals surface area contributed by atoms with E-state index in [2.05, 4.69) is 21.0 Å². The second-order valence-electron chi connectivity index (χ2n) is 8.34. The Hall–Kier alpha value is -4.47. The standard InChI is InChI=1S/C28H25N5O3S/c34-15-2-14-29-21-6-4-19(5-7-21)27(35)31-22-8-11-24(12-9-22)33-25-13-10-23(17-20(25)18-30-33)32-28(36)26-3-1-16-37-26/h1,3-13,16-18,29,34H,2,14-15H2,(H,31,35)(H,32,36). The number of fused-ring (bicyclic) bond motifs is 1. The molecule has 37 heavy (non-hydrogen) atoms. The summed E-state index contributed by atoms with van der Waals surface area (Å²) in [4.78, 5) is 25.6. The van der Waals surface area contributed by atoms with Gasteiger partial charge in [-0.05, 0) is 84.6 Å². The Morgan fingerprint density at radius 3 is 2.32 bits per heavy atom. The first kappa shape index (κ1) is 24.2. The number of benzene rings is 3. The molecule has 0 aliphatic rings. The van der Waals surface area contributed by atoms with Gasteiger partial charge in [0.15, 0.2) is 0 Å². The zero-order valence-corrected chi connectivity index (χ0v) is 20.7. The number of hydrogen-bond donors (Lipinski definition) is 4. The normalized spacial score (nSPS) is 10.8. The molecule has 0 saturated heterocycles. The molecule has 0 unspecified atom stereocenters. The fraction of sp³-hybridized carbons (Fsp3) is 0.107. The Bertz CT molecular complexity index is 1510. The van der Waals surface area contributed by atoms with Gasteiger partial charge in [-0.25, -0.2) is 4.68 Å². The van der Waals surface area contributed by atoms with Gasteiger partial charge in [0.25, 0.3) is 11.8 Å². The highest BCUT2D eigenvalue weighted by Crippen LogP contribution is 2.24. The maximum atomic E-state index is 12.6. The van der Waals surface area contributed by atoms with Crippen molar-refractivity contribution in [3.8, 4) is 5.69 Å². The molecule has 0 spiro atoms. The van der Waals surface area contributed by atoms with E-state index in [9.17, 15) is 9.59 Å². The van der Waals surface area contributed by atoms with Gasteiger partial charge in [-0.3, -0.25) is 9.59 Å². The molecule has 8 nitrogen and oxygen atoms in total. The summed E-state index contributed by atoms with van der Waals surface area (Å²) in [6.45, 7) is 0.813. The molecular weight excluding hydrogens is 486 g/mol. The number of nitrogens with one attached hydrogen (secondary N) is 3. The molecule has 0 radical (unpaired) electrons. The minimum atomic E-state index is -0.198. The summed E-state index contributed by atoms with van der Waals surface area (Å²) in [7, 11) is 0. The van der Waals surface area contributed by atoms with Gasteiger partial charge in [-0.15, -0.1) is 11.3 Å². The van der Waals surface area contributed by atoms with E-state index in [0.717, 1.165) is 22.3 Å². The van der Waals surface area contributed by atoms with Crippen molar-refractivity contribution in [1.82, 2.24) is 9.78 Å². The van der Waals surface area contributed by atoms with E-state index in [0.29, 0.717) is 34.8 Å². The van der Waals surface area contributed by atoms with Crippen LogP contribution >= 0.6 is 11.3 Å². The van der Waals surface area contributed by atoms with Crippen LogP contribution in [-0.4, -0.2) is 39.9 Å². The number of nitrogens with zero attached hydrogens (tertiary/aromatic N) is 2. The average Bonchev–Trinajstić information content (AvgIpc) is 3.60. The molecule has 0 aliphatic heterocycles. The van der Waals surface area contributed by atoms with Gasteiger partial charge >= 0.3 is 0 Å². The zero-order chi connectivity index (χ0) is 25.6. The number of anilines is 3. The van der Waals surface area contributed by atoms with Crippen molar-refractivity contribution in [2.45, 2.75) is 6.42 Å². The lowest BCUT2D eigenvalue weighted by Crippen LogP contribution is -2.12. The van der Waals surface area contributed by atoms with E-state index >= 15 is 0 Å². The van der Waals surface area contributed by atoms with Crippen LogP contribution in [0.5, 0.6) is 0 Å². The van der Waals surface area contributed by atoms with Crippen LogP contribution in [0.4, 0.5) is 17.1 Å². The van der Waals surface area contributed by atoms with E-state index in [1.807, 2.05) is 70.7 Å². The van der Waals surface area contributed by atoms with Crippen LogP contribution in [0.25, 0.3) is 16.6 Å². The number of thiophene rings is 1. The molecule has 0 saturated carbocycles. The van der Waals surface area contributed by atoms with Crippen molar-refractivity contribution in [3.05, 3.63) is 101 Å². The van der Waals surface area contributed by atoms with E-state index in [-0.39, 0.29) is 18.4 Å². The molecule has 0 atom stereocenters. The smallest absolute Gasteiger partial charge is 0.265 e. The minimum absolute atomic E-state index is 0.134. The molecule has 5 rings (SSSR count). The third-order valence-corrected chi connectivity index (χ3v) is 6.62. The van der Waals surface area contributed by atoms with Crippen molar-refractivity contribution in [1.29, 1.82) is 0 Å². The van der Waals surface area contributed by atoms with E-state index in [1.54, 1.807) is 24.4 Å². The third kappa shape index (κ3) is 5.69. The molecule has 9 heteroatoms. The highest BCUT2D eigenvalue weighted by molar-refractivity contribution is 7.12.